The van der Waals surface area contributed by atoms with Gasteiger partial charge in [0.25, 0.3) is 0 Å². The van der Waals surface area contributed by atoms with E-state index in [1.165, 1.54) is 35.6 Å². The molecule has 0 N–H and O–H groups in total. The molecule has 0 amide bonds. The lowest BCUT2D eigenvalue weighted by Crippen LogP contribution is -2.07. The summed E-state index contributed by atoms with van der Waals surface area (Å²) in [4.78, 5) is 18.5. The van der Waals surface area contributed by atoms with Crippen molar-refractivity contribution in [1.82, 2.24) is 4.98 Å². The summed E-state index contributed by atoms with van der Waals surface area (Å²) in [6.07, 6.45) is 8.98. The molecule has 100 valence electrons. The fourth-order valence-corrected chi connectivity index (χ4v) is 3.71. The molecule has 0 radical (unpaired) electrons. The summed E-state index contributed by atoms with van der Waals surface area (Å²) in [5.74, 6) is 0.573. The molecule has 2 aromatic rings. The number of thiophene rings is 1. The van der Waals surface area contributed by atoms with E-state index in [1.54, 1.807) is 29.5 Å². The topological polar surface area (TPSA) is 53.8 Å². The molecule has 1 saturated carbocycles. The molecule has 0 saturated heterocycles. The first-order valence-corrected chi connectivity index (χ1v) is 8.07. The molecule has 1 aliphatic rings. The summed E-state index contributed by atoms with van der Waals surface area (Å²) in [5, 5.41) is 9.94. The zero-order chi connectivity index (χ0) is 13.9. The molecule has 3 nitrogen and oxygen atoms in total. The van der Waals surface area contributed by atoms with E-state index in [4.69, 9.17) is 5.26 Å². The Balaban J connectivity index is 1.68. The number of carbonyl (C=O) groups excluding carboxylic acids is 1. The van der Waals surface area contributed by atoms with Crippen LogP contribution >= 0.6 is 22.7 Å². The van der Waals surface area contributed by atoms with Gasteiger partial charge in [0.2, 0.25) is 0 Å². The number of thiazole rings is 1. The lowest BCUT2D eigenvalue weighted by Gasteiger charge is -2.22. The Labute approximate surface area is 125 Å². The highest BCUT2D eigenvalue weighted by atomic mass is 32.1. The van der Waals surface area contributed by atoms with E-state index in [0.29, 0.717) is 15.7 Å². The largest absolute Gasteiger partial charge is 0.288 e. The highest BCUT2D eigenvalue weighted by Gasteiger charge is 2.22. The van der Waals surface area contributed by atoms with Crippen LogP contribution in [-0.4, -0.2) is 10.8 Å². The van der Waals surface area contributed by atoms with Crippen molar-refractivity contribution in [3.05, 3.63) is 44.0 Å². The molecule has 1 fully saturated rings. The van der Waals surface area contributed by atoms with Crippen molar-refractivity contribution in [2.75, 3.05) is 0 Å². The van der Waals surface area contributed by atoms with E-state index >= 15 is 0 Å². The van der Waals surface area contributed by atoms with Gasteiger partial charge >= 0.3 is 0 Å². The van der Waals surface area contributed by atoms with Gasteiger partial charge in [0, 0.05) is 17.0 Å². The van der Waals surface area contributed by atoms with Crippen molar-refractivity contribution < 1.29 is 4.79 Å². The van der Waals surface area contributed by atoms with Crippen LogP contribution in [0.5, 0.6) is 0 Å². The number of aromatic nitrogens is 1. The van der Waals surface area contributed by atoms with E-state index < -0.39 is 0 Å². The second kappa shape index (κ2) is 5.70. The summed E-state index contributed by atoms with van der Waals surface area (Å²) >= 11 is 2.89. The van der Waals surface area contributed by atoms with Crippen molar-refractivity contribution >= 4 is 34.5 Å². The first-order valence-electron chi connectivity index (χ1n) is 6.44. The van der Waals surface area contributed by atoms with Gasteiger partial charge in [-0.25, -0.2) is 4.98 Å². The normalized spacial score (nSPS) is 15.2. The minimum Gasteiger partial charge on any atom is -0.288 e. The molecule has 0 spiro atoms. The molecule has 0 unspecified atom stereocenters. The molecule has 0 aliphatic heterocycles. The van der Waals surface area contributed by atoms with Crippen molar-refractivity contribution in [2.45, 2.75) is 25.2 Å². The maximum Gasteiger partial charge on any atom is 0.195 e. The first-order chi connectivity index (χ1) is 9.76. The number of ketones is 1. The molecule has 0 aromatic carbocycles. The minimum atomic E-state index is -0.0601. The number of allylic oxidation sites excluding steroid dienone is 1. The van der Waals surface area contributed by atoms with Crippen LogP contribution in [-0.2, 0) is 0 Å². The molecule has 2 aromatic heterocycles. The number of nitrogens with zero attached hydrogens (tertiary/aromatic N) is 2. The van der Waals surface area contributed by atoms with E-state index in [2.05, 4.69) is 4.98 Å². The third kappa shape index (κ3) is 2.72. The van der Waals surface area contributed by atoms with Gasteiger partial charge in [-0.2, -0.15) is 5.26 Å². The summed E-state index contributed by atoms with van der Waals surface area (Å²) in [6.45, 7) is 0. The second-order valence-corrected chi connectivity index (χ2v) is 6.88. The Morgan fingerprint density at radius 2 is 2.25 bits per heavy atom. The summed E-state index contributed by atoms with van der Waals surface area (Å²) in [7, 11) is 0. The van der Waals surface area contributed by atoms with Gasteiger partial charge in [0.05, 0.1) is 9.88 Å². The average Bonchev–Trinajstić information content (AvgIpc) is 3.03. The Morgan fingerprint density at radius 1 is 1.40 bits per heavy atom. The van der Waals surface area contributed by atoms with E-state index in [9.17, 15) is 4.79 Å². The summed E-state index contributed by atoms with van der Waals surface area (Å²) in [5.41, 5.74) is 0. The van der Waals surface area contributed by atoms with Crippen molar-refractivity contribution in [3.8, 4) is 6.07 Å². The van der Waals surface area contributed by atoms with Gasteiger partial charge in [-0.3, -0.25) is 4.79 Å². The molecule has 0 atom stereocenters. The summed E-state index contributed by atoms with van der Waals surface area (Å²) < 4.78 is 0. The predicted octanol–water partition coefficient (Wildman–Crippen LogP) is 4.24. The van der Waals surface area contributed by atoms with Crippen LogP contribution in [0, 0.1) is 11.3 Å². The molecule has 5 heteroatoms. The van der Waals surface area contributed by atoms with Gasteiger partial charge in [-0.15, -0.1) is 22.7 Å². The lowest BCUT2D eigenvalue weighted by molar-refractivity contribution is 0.105. The lowest BCUT2D eigenvalue weighted by atomic mass is 9.86. The van der Waals surface area contributed by atoms with Crippen LogP contribution in [0.4, 0.5) is 0 Å². The van der Waals surface area contributed by atoms with Gasteiger partial charge in [0.1, 0.15) is 10.9 Å². The zero-order valence-corrected chi connectivity index (χ0v) is 12.3. The van der Waals surface area contributed by atoms with Crippen LogP contribution in [0.15, 0.2) is 24.4 Å². The molecule has 2 heterocycles. The van der Waals surface area contributed by atoms with Crippen LogP contribution < -0.4 is 0 Å². The van der Waals surface area contributed by atoms with Crippen LogP contribution in [0.2, 0.25) is 0 Å². The van der Waals surface area contributed by atoms with E-state index in [1.807, 2.05) is 18.3 Å². The number of nitriles is 1. The number of hydrogen-bond acceptors (Lipinski definition) is 5. The van der Waals surface area contributed by atoms with Crippen LogP contribution in [0.1, 0.15) is 49.6 Å². The Morgan fingerprint density at radius 3 is 2.90 bits per heavy atom. The Kier molecular flexibility index (Phi) is 3.77. The molecule has 20 heavy (non-hydrogen) atoms. The van der Waals surface area contributed by atoms with Gasteiger partial charge in [-0.05, 0) is 37.1 Å². The zero-order valence-electron chi connectivity index (χ0n) is 10.7. The van der Waals surface area contributed by atoms with E-state index in [-0.39, 0.29) is 5.78 Å². The maximum absolute atomic E-state index is 12.0. The standard InChI is InChI=1S/C15H12N2OS2/c16-8-11-5-7-14(19-11)13(18)6-4-12-9-17-15(20-12)10-2-1-3-10/h4-7,9-10H,1-3H2/b6-4+. The van der Waals surface area contributed by atoms with Crippen LogP contribution in [0.3, 0.4) is 0 Å². The SMILES string of the molecule is N#Cc1ccc(C(=O)/C=C/c2cnc(C3CCC3)s2)s1. The first kappa shape index (κ1) is 13.2. The third-order valence-corrected chi connectivity index (χ3v) is 5.48. The Hall–Kier alpha value is -1.77. The van der Waals surface area contributed by atoms with Gasteiger partial charge in [0.15, 0.2) is 5.78 Å². The predicted molar refractivity (Wildman–Crippen MR) is 81.1 cm³/mol. The quantitative estimate of drug-likeness (QED) is 0.627. The van der Waals surface area contributed by atoms with Crippen LogP contribution in [0.25, 0.3) is 6.08 Å². The molecule has 0 bridgehead atoms. The Bertz CT molecular complexity index is 702. The molecule has 3 rings (SSSR count). The number of carbonyl (C=O) groups is 1. The van der Waals surface area contributed by atoms with E-state index in [0.717, 1.165) is 4.88 Å². The maximum atomic E-state index is 12.0. The highest BCUT2D eigenvalue weighted by molar-refractivity contribution is 7.14. The molecule has 1 aliphatic carbocycles. The highest BCUT2D eigenvalue weighted by Crippen LogP contribution is 2.38. The monoisotopic (exact) mass is 300 g/mol. The smallest absolute Gasteiger partial charge is 0.195 e. The van der Waals surface area contributed by atoms with Crippen molar-refractivity contribution in [1.29, 1.82) is 5.26 Å². The summed E-state index contributed by atoms with van der Waals surface area (Å²) in [6, 6.07) is 5.41. The number of rotatable bonds is 4. The van der Waals surface area contributed by atoms with Crippen molar-refractivity contribution in [2.24, 2.45) is 0 Å². The fourth-order valence-electron chi connectivity index (χ4n) is 1.99. The fraction of sp³-hybridized carbons (Fsp3) is 0.267. The second-order valence-electron chi connectivity index (χ2n) is 4.70. The molecular weight excluding hydrogens is 288 g/mol. The van der Waals surface area contributed by atoms with Gasteiger partial charge < -0.3 is 0 Å². The number of hydrogen-bond donors (Lipinski definition) is 0. The molecular formula is C15H12N2OS2. The average molecular weight is 300 g/mol. The van der Waals surface area contributed by atoms with Crippen molar-refractivity contribution in [3.63, 3.8) is 0 Å². The van der Waals surface area contributed by atoms with Gasteiger partial charge in [-0.1, -0.05) is 6.42 Å². The minimum absolute atomic E-state index is 0.0601. The third-order valence-electron chi connectivity index (χ3n) is 3.35.